The lowest BCUT2D eigenvalue weighted by molar-refractivity contribution is -0.257. The molecule has 1 fully saturated rings. The molecular weight excluding hydrogens is 380 g/mol. The molecule has 0 aliphatic carbocycles. The molecule has 11 heteroatoms. The fourth-order valence-electron chi connectivity index (χ4n) is 2.65. The first-order valence-electron chi connectivity index (χ1n) is 8.45. The Morgan fingerprint density at radius 1 is 0.571 bits per heavy atom. The SMILES string of the molecule is CC(=O)OCC1O[C@H](COC(C)=O)[C@@H](OC(C)=O)C(OC(C)=O)C1OC(C)=O. The standard InChI is InChI=1S/C17H24O11/c1-8(18)23-6-13-15(25-10(3)20)17(27-12(5)22)16(26-11(4)21)14(28-13)7-24-9(2)19/h13-17H,6-7H2,1-5H3/t13-,14?,15-,16?,17?/m1/s1. The van der Waals surface area contributed by atoms with E-state index in [4.69, 9.17) is 28.4 Å². The van der Waals surface area contributed by atoms with Crippen molar-refractivity contribution in [1.29, 1.82) is 0 Å². The van der Waals surface area contributed by atoms with Crippen molar-refractivity contribution in [3.8, 4) is 0 Å². The van der Waals surface area contributed by atoms with Crippen molar-refractivity contribution in [3.05, 3.63) is 0 Å². The summed E-state index contributed by atoms with van der Waals surface area (Å²) in [5.74, 6) is -3.42. The third-order valence-electron chi connectivity index (χ3n) is 3.54. The summed E-state index contributed by atoms with van der Waals surface area (Å²) < 4.78 is 31.2. The predicted molar refractivity (Wildman–Crippen MR) is 88.6 cm³/mol. The number of carbonyl (C=O) groups excluding carboxylic acids is 5. The van der Waals surface area contributed by atoms with E-state index >= 15 is 0 Å². The van der Waals surface area contributed by atoms with Gasteiger partial charge in [-0.3, -0.25) is 24.0 Å². The Morgan fingerprint density at radius 3 is 1.18 bits per heavy atom. The van der Waals surface area contributed by atoms with Gasteiger partial charge in [-0.1, -0.05) is 0 Å². The predicted octanol–water partition coefficient (Wildman–Crippen LogP) is -0.325. The maximum Gasteiger partial charge on any atom is 0.303 e. The Kier molecular flexibility index (Phi) is 8.83. The Morgan fingerprint density at radius 2 is 0.893 bits per heavy atom. The topological polar surface area (TPSA) is 141 Å². The molecule has 1 heterocycles. The molecule has 0 aromatic carbocycles. The highest BCUT2D eigenvalue weighted by atomic mass is 16.7. The first-order valence-corrected chi connectivity index (χ1v) is 8.45. The molecule has 28 heavy (non-hydrogen) atoms. The highest BCUT2D eigenvalue weighted by Gasteiger charge is 2.52. The van der Waals surface area contributed by atoms with Gasteiger partial charge < -0.3 is 28.4 Å². The van der Waals surface area contributed by atoms with Gasteiger partial charge in [0.15, 0.2) is 18.3 Å². The van der Waals surface area contributed by atoms with Crippen LogP contribution in [0.15, 0.2) is 0 Å². The Labute approximate surface area is 161 Å². The van der Waals surface area contributed by atoms with Crippen LogP contribution in [-0.2, 0) is 52.4 Å². The fraction of sp³-hybridized carbons (Fsp3) is 0.706. The molecule has 3 unspecified atom stereocenters. The van der Waals surface area contributed by atoms with Crippen LogP contribution in [0.25, 0.3) is 0 Å². The van der Waals surface area contributed by atoms with Gasteiger partial charge in [-0.2, -0.15) is 0 Å². The molecule has 0 aromatic heterocycles. The molecule has 1 rings (SSSR count). The zero-order valence-corrected chi connectivity index (χ0v) is 16.3. The van der Waals surface area contributed by atoms with Crippen LogP contribution in [0.1, 0.15) is 34.6 Å². The fourth-order valence-corrected chi connectivity index (χ4v) is 2.65. The average molecular weight is 404 g/mol. The molecule has 0 spiro atoms. The molecule has 5 atom stereocenters. The van der Waals surface area contributed by atoms with Crippen LogP contribution in [-0.4, -0.2) is 73.6 Å². The molecule has 0 amide bonds. The number of carbonyl (C=O) groups is 5. The zero-order chi connectivity index (χ0) is 21.4. The van der Waals surface area contributed by atoms with Crippen molar-refractivity contribution in [2.24, 2.45) is 0 Å². The summed E-state index contributed by atoms with van der Waals surface area (Å²) in [5.41, 5.74) is 0. The van der Waals surface area contributed by atoms with E-state index in [0.717, 1.165) is 20.8 Å². The van der Waals surface area contributed by atoms with Crippen LogP contribution in [0.4, 0.5) is 0 Å². The van der Waals surface area contributed by atoms with Crippen molar-refractivity contribution < 1.29 is 52.4 Å². The quantitative estimate of drug-likeness (QED) is 0.407. The lowest BCUT2D eigenvalue weighted by atomic mass is 9.94. The number of rotatable bonds is 7. The third kappa shape index (κ3) is 7.51. The van der Waals surface area contributed by atoms with Gasteiger partial charge in [-0.15, -0.1) is 0 Å². The van der Waals surface area contributed by atoms with Gasteiger partial charge in [0.2, 0.25) is 0 Å². The first kappa shape index (κ1) is 23.3. The molecular formula is C17H24O11. The maximum atomic E-state index is 11.6. The Hall–Kier alpha value is -2.69. The summed E-state index contributed by atoms with van der Waals surface area (Å²) in [6, 6.07) is 0. The van der Waals surface area contributed by atoms with Crippen LogP contribution in [0.3, 0.4) is 0 Å². The van der Waals surface area contributed by atoms with Gasteiger partial charge >= 0.3 is 29.8 Å². The molecule has 0 N–H and O–H groups in total. The molecule has 158 valence electrons. The number of hydrogen-bond acceptors (Lipinski definition) is 11. The van der Waals surface area contributed by atoms with E-state index in [-0.39, 0.29) is 13.2 Å². The highest BCUT2D eigenvalue weighted by molar-refractivity contribution is 5.69. The van der Waals surface area contributed by atoms with Crippen molar-refractivity contribution in [3.63, 3.8) is 0 Å². The van der Waals surface area contributed by atoms with Crippen molar-refractivity contribution in [2.75, 3.05) is 13.2 Å². The monoisotopic (exact) mass is 404 g/mol. The molecule has 1 aliphatic heterocycles. The van der Waals surface area contributed by atoms with Crippen molar-refractivity contribution in [2.45, 2.75) is 65.1 Å². The summed E-state index contributed by atoms with van der Waals surface area (Å²) in [6.45, 7) is 5.03. The van der Waals surface area contributed by atoms with Gasteiger partial charge in [0.25, 0.3) is 0 Å². The maximum absolute atomic E-state index is 11.6. The summed E-state index contributed by atoms with van der Waals surface area (Å²) in [6.07, 6.45) is -5.88. The molecule has 11 nitrogen and oxygen atoms in total. The lowest BCUT2D eigenvalue weighted by Crippen LogP contribution is -2.63. The number of esters is 5. The van der Waals surface area contributed by atoms with Gasteiger partial charge in [-0.05, 0) is 0 Å². The van der Waals surface area contributed by atoms with E-state index in [0.29, 0.717) is 0 Å². The summed E-state index contributed by atoms with van der Waals surface area (Å²) >= 11 is 0. The summed E-state index contributed by atoms with van der Waals surface area (Å²) in [5, 5.41) is 0. The minimum absolute atomic E-state index is 0.339. The second-order valence-corrected chi connectivity index (χ2v) is 6.04. The third-order valence-corrected chi connectivity index (χ3v) is 3.54. The smallest absolute Gasteiger partial charge is 0.303 e. The second kappa shape index (κ2) is 10.6. The van der Waals surface area contributed by atoms with Crippen LogP contribution in [0.2, 0.25) is 0 Å². The average Bonchev–Trinajstić information content (AvgIpc) is 2.54. The van der Waals surface area contributed by atoms with E-state index in [1.54, 1.807) is 0 Å². The van der Waals surface area contributed by atoms with E-state index in [1.807, 2.05) is 0 Å². The second-order valence-electron chi connectivity index (χ2n) is 6.04. The minimum atomic E-state index is -1.28. The van der Waals surface area contributed by atoms with Crippen LogP contribution in [0, 0.1) is 0 Å². The van der Waals surface area contributed by atoms with Crippen LogP contribution in [0.5, 0.6) is 0 Å². The highest BCUT2D eigenvalue weighted by Crippen LogP contribution is 2.29. The summed E-state index contributed by atoms with van der Waals surface area (Å²) in [7, 11) is 0. The lowest BCUT2D eigenvalue weighted by Gasteiger charge is -2.44. The molecule has 1 saturated heterocycles. The molecule has 0 saturated carbocycles. The summed E-state index contributed by atoms with van der Waals surface area (Å²) in [4.78, 5) is 57.0. The van der Waals surface area contributed by atoms with Gasteiger partial charge in [0.1, 0.15) is 25.4 Å². The van der Waals surface area contributed by atoms with E-state index in [1.165, 1.54) is 13.8 Å². The normalized spacial score (nSPS) is 26.5. The van der Waals surface area contributed by atoms with Gasteiger partial charge in [0.05, 0.1) is 0 Å². The molecule has 0 radical (unpaired) electrons. The largest absolute Gasteiger partial charge is 0.463 e. The van der Waals surface area contributed by atoms with Gasteiger partial charge in [0, 0.05) is 34.6 Å². The van der Waals surface area contributed by atoms with Crippen molar-refractivity contribution in [1.82, 2.24) is 0 Å². The van der Waals surface area contributed by atoms with E-state index in [9.17, 15) is 24.0 Å². The molecule has 0 bridgehead atoms. The van der Waals surface area contributed by atoms with Crippen LogP contribution >= 0.6 is 0 Å². The van der Waals surface area contributed by atoms with E-state index < -0.39 is 60.4 Å². The number of ether oxygens (including phenoxy) is 6. The first-order chi connectivity index (χ1) is 13.0. The Balaban J connectivity index is 3.26. The molecule has 1 aliphatic rings. The van der Waals surface area contributed by atoms with Crippen LogP contribution < -0.4 is 0 Å². The zero-order valence-electron chi connectivity index (χ0n) is 16.3. The molecule has 0 aromatic rings. The van der Waals surface area contributed by atoms with Gasteiger partial charge in [-0.25, -0.2) is 0 Å². The van der Waals surface area contributed by atoms with Crippen molar-refractivity contribution >= 4 is 29.8 Å². The Bertz CT molecular complexity index is 570. The number of hydrogen-bond donors (Lipinski definition) is 0. The van der Waals surface area contributed by atoms with E-state index in [2.05, 4.69) is 0 Å². The minimum Gasteiger partial charge on any atom is -0.463 e.